The highest BCUT2D eigenvalue weighted by Crippen LogP contribution is 2.15. The molecule has 0 unspecified atom stereocenters. The number of benzene rings is 1. The molecule has 0 radical (unpaired) electrons. The van der Waals surface area contributed by atoms with Crippen molar-refractivity contribution in [2.75, 3.05) is 33.0 Å². The van der Waals surface area contributed by atoms with Crippen LogP contribution in [0.25, 0.3) is 0 Å². The van der Waals surface area contributed by atoms with Crippen LogP contribution in [-0.2, 0) is 15.9 Å². The highest BCUT2D eigenvalue weighted by molar-refractivity contribution is 5.27. The van der Waals surface area contributed by atoms with Crippen LogP contribution in [0.5, 0.6) is 5.75 Å². The predicted octanol–water partition coefficient (Wildman–Crippen LogP) is 6.19. The van der Waals surface area contributed by atoms with Crippen LogP contribution in [0.15, 0.2) is 24.3 Å². The average Bonchev–Trinajstić information content (AvgIpc) is 2.67. The summed E-state index contributed by atoms with van der Waals surface area (Å²) in [6.07, 6.45) is 13.0. The summed E-state index contributed by atoms with van der Waals surface area (Å²) in [6, 6.07) is 8.53. The van der Waals surface area contributed by atoms with Gasteiger partial charge in [-0.2, -0.15) is 0 Å². The van der Waals surface area contributed by atoms with Crippen LogP contribution in [-0.4, -0.2) is 33.0 Å². The van der Waals surface area contributed by atoms with E-state index in [1.54, 1.807) is 0 Å². The van der Waals surface area contributed by atoms with E-state index in [1.807, 2.05) is 0 Å². The molecule has 0 amide bonds. The van der Waals surface area contributed by atoms with Gasteiger partial charge in [0, 0.05) is 6.61 Å². The zero-order chi connectivity index (χ0) is 18.7. The van der Waals surface area contributed by atoms with E-state index in [0.717, 1.165) is 18.8 Å². The van der Waals surface area contributed by atoms with Crippen LogP contribution in [0.1, 0.15) is 77.2 Å². The van der Waals surface area contributed by atoms with Gasteiger partial charge in [-0.3, -0.25) is 0 Å². The Morgan fingerprint density at radius 2 is 1.15 bits per heavy atom. The van der Waals surface area contributed by atoms with Gasteiger partial charge in [0.2, 0.25) is 0 Å². The van der Waals surface area contributed by atoms with Crippen molar-refractivity contribution in [2.24, 2.45) is 0 Å². The van der Waals surface area contributed by atoms with Gasteiger partial charge in [0.15, 0.2) is 0 Å². The Hall–Kier alpha value is -1.06. The minimum atomic E-state index is 0.589. The largest absolute Gasteiger partial charge is 0.491 e. The van der Waals surface area contributed by atoms with Gasteiger partial charge in [-0.25, -0.2) is 0 Å². The minimum absolute atomic E-state index is 0.589. The second-order valence-corrected chi connectivity index (χ2v) is 6.94. The summed E-state index contributed by atoms with van der Waals surface area (Å²) < 4.78 is 16.7. The van der Waals surface area contributed by atoms with Crippen LogP contribution in [0.2, 0.25) is 0 Å². The zero-order valence-corrected chi connectivity index (χ0v) is 17.1. The topological polar surface area (TPSA) is 27.7 Å². The molecule has 0 spiro atoms. The van der Waals surface area contributed by atoms with Crippen LogP contribution in [0, 0.1) is 0 Å². The molecule has 150 valence electrons. The summed E-state index contributed by atoms with van der Waals surface area (Å²) in [6.45, 7) is 7.78. The lowest BCUT2D eigenvalue weighted by molar-refractivity contribution is 0.0356. The molecule has 26 heavy (non-hydrogen) atoms. The molecule has 3 nitrogen and oxygen atoms in total. The van der Waals surface area contributed by atoms with Gasteiger partial charge >= 0.3 is 0 Å². The Morgan fingerprint density at radius 1 is 0.577 bits per heavy atom. The first-order chi connectivity index (χ1) is 12.9. The van der Waals surface area contributed by atoms with Crippen molar-refractivity contribution in [1.29, 1.82) is 0 Å². The van der Waals surface area contributed by atoms with Gasteiger partial charge in [0.25, 0.3) is 0 Å². The van der Waals surface area contributed by atoms with Crippen LogP contribution in [0.4, 0.5) is 0 Å². The maximum atomic E-state index is 5.72. The maximum absolute atomic E-state index is 5.72. The number of rotatable bonds is 18. The highest BCUT2D eigenvalue weighted by Gasteiger charge is 1.98. The number of hydrogen-bond donors (Lipinski definition) is 0. The summed E-state index contributed by atoms with van der Waals surface area (Å²) >= 11 is 0. The molecule has 0 aromatic heterocycles. The molecule has 0 aliphatic carbocycles. The number of aryl methyl sites for hydroxylation is 1. The Labute approximate surface area is 161 Å². The third-order valence-electron chi connectivity index (χ3n) is 4.50. The first kappa shape index (κ1) is 23.0. The molecule has 1 aromatic carbocycles. The molecule has 3 heteroatoms. The summed E-state index contributed by atoms with van der Waals surface area (Å²) in [5.74, 6) is 0.927. The van der Waals surface area contributed by atoms with Gasteiger partial charge < -0.3 is 14.2 Å². The van der Waals surface area contributed by atoms with E-state index in [1.165, 1.54) is 63.4 Å². The maximum Gasteiger partial charge on any atom is 0.119 e. The summed E-state index contributed by atoms with van der Waals surface area (Å²) in [7, 11) is 0. The third-order valence-corrected chi connectivity index (χ3v) is 4.50. The fourth-order valence-corrected chi connectivity index (χ4v) is 2.83. The minimum Gasteiger partial charge on any atom is -0.491 e. The van der Waals surface area contributed by atoms with E-state index in [2.05, 4.69) is 38.1 Å². The quantitative estimate of drug-likeness (QED) is 0.291. The Balaban J connectivity index is 1.97. The van der Waals surface area contributed by atoms with E-state index in [-0.39, 0.29) is 0 Å². The first-order valence-corrected chi connectivity index (χ1v) is 10.7. The number of unbranched alkanes of at least 4 members (excludes halogenated alkanes) is 7. The van der Waals surface area contributed by atoms with Crippen molar-refractivity contribution in [3.05, 3.63) is 29.8 Å². The average molecular weight is 365 g/mol. The lowest BCUT2D eigenvalue weighted by atomic mass is 10.0. The van der Waals surface area contributed by atoms with Crippen molar-refractivity contribution < 1.29 is 14.2 Å². The second kappa shape index (κ2) is 17.4. The monoisotopic (exact) mass is 364 g/mol. The van der Waals surface area contributed by atoms with Crippen molar-refractivity contribution >= 4 is 0 Å². The molecule has 0 fully saturated rings. The molecule has 0 saturated carbocycles. The van der Waals surface area contributed by atoms with Crippen LogP contribution < -0.4 is 4.74 Å². The Bertz CT molecular complexity index is 402. The molecule has 0 aliphatic rings. The van der Waals surface area contributed by atoms with Crippen molar-refractivity contribution in [3.63, 3.8) is 0 Å². The molecule has 0 atom stereocenters. The van der Waals surface area contributed by atoms with Gasteiger partial charge in [-0.1, -0.05) is 70.9 Å². The number of hydrogen-bond acceptors (Lipinski definition) is 3. The fourth-order valence-electron chi connectivity index (χ4n) is 2.83. The Kier molecular flexibility index (Phi) is 15.3. The molecular weight excluding hydrogens is 324 g/mol. The third kappa shape index (κ3) is 13.2. The van der Waals surface area contributed by atoms with E-state index in [9.17, 15) is 0 Å². The molecule has 0 heterocycles. The molecule has 1 rings (SSSR count). The summed E-state index contributed by atoms with van der Waals surface area (Å²) in [5, 5.41) is 0. The molecular formula is C23H40O3. The number of ether oxygens (including phenoxy) is 3. The predicted molar refractivity (Wildman–Crippen MR) is 110 cm³/mol. The Morgan fingerprint density at radius 3 is 1.85 bits per heavy atom. The fraction of sp³-hybridized carbons (Fsp3) is 0.739. The smallest absolute Gasteiger partial charge is 0.119 e. The van der Waals surface area contributed by atoms with Gasteiger partial charge in [0.05, 0.1) is 19.8 Å². The summed E-state index contributed by atoms with van der Waals surface area (Å²) in [4.78, 5) is 0. The standard InChI is InChI=1S/C23H40O3/c1-3-5-7-8-9-10-11-12-22-13-15-23(16-14-22)26-21-20-25-19-18-24-17-6-4-2/h13-16H,3-12,17-21H2,1-2H3. The SMILES string of the molecule is CCCCCCCCCc1ccc(OCCOCCOCCCC)cc1. The lowest BCUT2D eigenvalue weighted by Crippen LogP contribution is -2.11. The van der Waals surface area contributed by atoms with Gasteiger partial charge in [0.1, 0.15) is 12.4 Å². The van der Waals surface area contributed by atoms with Crippen molar-refractivity contribution in [3.8, 4) is 5.75 Å². The van der Waals surface area contributed by atoms with E-state index in [0.29, 0.717) is 26.4 Å². The van der Waals surface area contributed by atoms with E-state index >= 15 is 0 Å². The van der Waals surface area contributed by atoms with E-state index < -0.39 is 0 Å². The van der Waals surface area contributed by atoms with Crippen LogP contribution >= 0.6 is 0 Å². The van der Waals surface area contributed by atoms with Crippen LogP contribution in [0.3, 0.4) is 0 Å². The zero-order valence-electron chi connectivity index (χ0n) is 17.1. The van der Waals surface area contributed by atoms with Gasteiger partial charge in [-0.15, -0.1) is 0 Å². The summed E-state index contributed by atoms with van der Waals surface area (Å²) in [5.41, 5.74) is 1.41. The molecule has 0 N–H and O–H groups in total. The van der Waals surface area contributed by atoms with Crippen molar-refractivity contribution in [2.45, 2.75) is 78.1 Å². The first-order valence-electron chi connectivity index (χ1n) is 10.7. The molecule has 0 aliphatic heterocycles. The van der Waals surface area contributed by atoms with E-state index in [4.69, 9.17) is 14.2 Å². The second-order valence-electron chi connectivity index (χ2n) is 6.94. The lowest BCUT2D eigenvalue weighted by Gasteiger charge is -2.08. The van der Waals surface area contributed by atoms with Crippen molar-refractivity contribution in [1.82, 2.24) is 0 Å². The molecule has 1 aromatic rings. The normalized spacial score (nSPS) is 11.0. The molecule has 0 saturated heterocycles. The molecule has 0 bridgehead atoms. The van der Waals surface area contributed by atoms with Gasteiger partial charge in [-0.05, 0) is 37.0 Å². The highest BCUT2D eigenvalue weighted by atomic mass is 16.5.